The minimum atomic E-state index is -0.118. The molecule has 1 aliphatic heterocycles. The lowest BCUT2D eigenvalue weighted by molar-refractivity contribution is -0.148. The van der Waals surface area contributed by atoms with E-state index >= 15 is 0 Å². The van der Waals surface area contributed by atoms with Gasteiger partial charge in [-0.3, -0.25) is 4.90 Å². The summed E-state index contributed by atoms with van der Waals surface area (Å²) < 4.78 is 5.83. The zero-order valence-corrected chi connectivity index (χ0v) is 13.2. The number of aliphatic hydroxyl groups excluding tert-OH is 1. The Balaban J connectivity index is 2.11. The minimum absolute atomic E-state index is 0.00620. The van der Waals surface area contributed by atoms with Crippen LogP contribution >= 0.6 is 0 Å². The smallest absolute Gasteiger partial charge is 0.0940 e. The van der Waals surface area contributed by atoms with Gasteiger partial charge in [-0.1, -0.05) is 45.4 Å². The van der Waals surface area contributed by atoms with Crippen LogP contribution in [0.25, 0.3) is 0 Å². The number of nitrogens with zero attached hydrogens (tertiary/aromatic N) is 1. The molecule has 1 atom stereocenters. The molecule has 0 aliphatic carbocycles. The van der Waals surface area contributed by atoms with Gasteiger partial charge >= 0.3 is 0 Å². The standard InChI is InChI=1S/C16H33NO2/c1-4-5-6-7-8-9-10-11-17-12-15(13-18)19-16(2,3)14-17/h15,18H,4-14H2,1-3H3. The Morgan fingerprint density at radius 2 is 1.74 bits per heavy atom. The van der Waals surface area contributed by atoms with E-state index in [1.807, 2.05) is 0 Å². The van der Waals surface area contributed by atoms with Crippen molar-refractivity contribution in [2.75, 3.05) is 26.2 Å². The summed E-state index contributed by atoms with van der Waals surface area (Å²) >= 11 is 0. The van der Waals surface area contributed by atoms with Crippen LogP contribution in [0, 0.1) is 0 Å². The lowest BCUT2D eigenvalue weighted by Crippen LogP contribution is -2.53. The topological polar surface area (TPSA) is 32.7 Å². The molecule has 0 saturated carbocycles. The molecule has 0 spiro atoms. The fourth-order valence-electron chi connectivity index (χ4n) is 2.97. The Kier molecular flexibility index (Phi) is 7.96. The first-order valence-corrected chi connectivity index (χ1v) is 8.08. The molecule has 0 amide bonds. The van der Waals surface area contributed by atoms with Crippen molar-refractivity contribution in [1.82, 2.24) is 4.90 Å². The molecule has 1 unspecified atom stereocenters. The second-order valence-corrected chi connectivity index (χ2v) is 6.54. The van der Waals surface area contributed by atoms with Crippen molar-refractivity contribution in [2.24, 2.45) is 0 Å². The van der Waals surface area contributed by atoms with E-state index in [1.165, 1.54) is 44.9 Å². The van der Waals surface area contributed by atoms with Crippen molar-refractivity contribution in [2.45, 2.75) is 77.4 Å². The third-order valence-corrected chi connectivity index (χ3v) is 3.83. The maximum Gasteiger partial charge on any atom is 0.0940 e. The van der Waals surface area contributed by atoms with Gasteiger partial charge in [0.25, 0.3) is 0 Å². The van der Waals surface area contributed by atoms with Crippen LogP contribution in [-0.4, -0.2) is 48.0 Å². The first-order valence-electron chi connectivity index (χ1n) is 8.08. The zero-order chi connectivity index (χ0) is 14.1. The van der Waals surface area contributed by atoms with Crippen LogP contribution in [0.1, 0.15) is 65.7 Å². The third kappa shape index (κ3) is 7.28. The summed E-state index contributed by atoms with van der Waals surface area (Å²) in [5.74, 6) is 0. The van der Waals surface area contributed by atoms with E-state index in [9.17, 15) is 5.11 Å². The average molecular weight is 271 g/mol. The van der Waals surface area contributed by atoms with Crippen molar-refractivity contribution in [3.05, 3.63) is 0 Å². The summed E-state index contributed by atoms with van der Waals surface area (Å²) in [5, 5.41) is 9.28. The van der Waals surface area contributed by atoms with Gasteiger partial charge in [-0.15, -0.1) is 0 Å². The molecule has 0 aromatic rings. The first kappa shape index (κ1) is 16.9. The molecule has 114 valence electrons. The monoisotopic (exact) mass is 271 g/mol. The van der Waals surface area contributed by atoms with E-state index in [-0.39, 0.29) is 18.3 Å². The molecular formula is C16H33NO2. The van der Waals surface area contributed by atoms with Crippen LogP contribution < -0.4 is 0 Å². The lowest BCUT2D eigenvalue weighted by atomic mass is 10.0. The van der Waals surface area contributed by atoms with Gasteiger partial charge in [-0.2, -0.15) is 0 Å². The van der Waals surface area contributed by atoms with Gasteiger partial charge in [0.1, 0.15) is 0 Å². The van der Waals surface area contributed by atoms with Gasteiger partial charge in [0.2, 0.25) is 0 Å². The quantitative estimate of drug-likeness (QED) is 0.654. The number of hydrogen-bond acceptors (Lipinski definition) is 3. The van der Waals surface area contributed by atoms with Gasteiger partial charge in [0, 0.05) is 13.1 Å². The first-order chi connectivity index (χ1) is 9.07. The summed E-state index contributed by atoms with van der Waals surface area (Å²) in [6, 6.07) is 0. The Morgan fingerprint density at radius 3 is 2.37 bits per heavy atom. The van der Waals surface area contributed by atoms with Crippen LogP contribution in [0.4, 0.5) is 0 Å². The van der Waals surface area contributed by atoms with Crippen LogP contribution in [0.2, 0.25) is 0 Å². The molecule has 1 heterocycles. The van der Waals surface area contributed by atoms with Crippen LogP contribution in [0.5, 0.6) is 0 Å². The summed E-state index contributed by atoms with van der Waals surface area (Å²) in [4.78, 5) is 2.45. The second kappa shape index (κ2) is 8.93. The Labute approximate surface area is 119 Å². The largest absolute Gasteiger partial charge is 0.394 e. The van der Waals surface area contributed by atoms with Crippen LogP contribution in [-0.2, 0) is 4.74 Å². The van der Waals surface area contributed by atoms with Crippen LogP contribution in [0.15, 0.2) is 0 Å². The van der Waals surface area contributed by atoms with Gasteiger partial charge in [0.05, 0.1) is 18.3 Å². The molecule has 1 rings (SSSR count). The molecule has 3 heteroatoms. The number of unbranched alkanes of at least 4 members (excludes halogenated alkanes) is 6. The molecule has 0 aromatic heterocycles. The van der Waals surface area contributed by atoms with Crippen molar-refractivity contribution < 1.29 is 9.84 Å². The van der Waals surface area contributed by atoms with Gasteiger partial charge in [0.15, 0.2) is 0 Å². The predicted molar refractivity (Wildman–Crippen MR) is 80.5 cm³/mol. The molecule has 1 aliphatic rings. The van der Waals surface area contributed by atoms with Gasteiger partial charge in [-0.05, 0) is 26.8 Å². The molecule has 1 saturated heterocycles. The fourth-order valence-corrected chi connectivity index (χ4v) is 2.97. The van der Waals surface area contributed by atoms with Crippen molar-refractivity contribution in [3.63, 3.8) is 0 Å². The summed E-state index contributed by atoms with van der Waals surface area (Å²) in [6.45, 7) is 9.65. The zero-order valence-electron chi connectivity index (χ0n) is 13.2. The van der Waals surface area contributed by atoms with E-state index in [0.717, 1.165) is 19.6 Å². The van der Waals surface area contributed by atoms with E-state index in [1.54, 1.807) is 0 Å². The van der Waals surface area contributed by atoms with Crippen molar-refractivity contribution in [1.29, 1.82) is 0 Å². The number of morpholine rings is 1. The van der Waals surface area contributed by atoms with Gasteiger partial charge < -0.3 is 9.84 Å². The van der Waals surface area contributed by atoms with Crippen molar-refractivity contribution >= 4 is 0 Å². The lowest BCUT2D eigenvalue weighted by Gasteiger charge is -2.42. The minimum Gasteiger partial charge on any atom is -0.394 e. The number of hydrogen-bond donors (Lipinski definition) is 1. The van der Waals surface area contributed by atoms with E-state index in [0.29, 0.717) is 0 Å². The Morgan fingerprint density at radius 1 is 1.11 bits per heavy atom. The summed E-state index contributed by atoms with van der Waals surface area (Å²) in [5.41, 5.74) is -0.118. The molecule has 0 bridgehead atoms. The highest BCUT2D eigenvalue weighted by Crippen LogP contribution is 2.21. The van der Waals surface area contributed by atoms with Gasteiger partial charge in [-0.25, -0.2) is 0 Å². The van der Waals surface area contributed by atoms with Crippen LogP contribution in [0.3, 0.4) is 0 Å². The number of rotatable bonds is 9. The maximum atomic E-state index is 9.28. The number of aliphatic hydroxyl groups is 1. The van der Waals surface area contributed by atoms with E-state index in [4.69, 9.17) is 4.74 Å². The Hall–Kier alpha value is -0.120. The van der Waals surface area contributed by atoms with Crippen molar-refractivity contribution in [3.8, 4) is 0 Å². The highest BCUT2D eigenvalue weighted by molar-refractivity contribution is 4.83. The third-order valence-electron chi connectivity index (χ3n) is 3.83. The molecule has 0 radical (unpaired) electrons. The molecule has 19 heavy (non-hydrogen) atoms. The molecule has 3 nitrogen and oxygen atoms in total. The fraction of sp³-hybridized carbons (Fsp3) is 1.00. The molecule has 0 aromatic carbocycles. The normalized spacial score (nSPS) is 23.7. The van der Waals surface area contributed by atoms with E-state index < -0.39 is 0 Å². The number of ether oxygens (including phenoxy) is 1. The highest BCUT2D eigenvalue weighted by Gasteiger charge is 2.32. The second-order valence-electron chi connectivity index (χ2n) is 6.54. The predicted octanol–water partition coefficient (Wildman–Crippen LogP) is 3.21. The maximum absolute atomic E-state index is 9.28. The van der Waals surface area contributed by atoms with E-state index in [2.05, 4.69) is 25.7 Å². The summed E-state index contributed by atoms with van der Waals surface area (Å²) in [6.07, 6.45) is 9.48. The summed E-state index contributed by atoms with van der Waals surface area (Å²) in [7, 11) is 0. The average Bonchev–Trinajstić information content (AvgIpc) is 2.36. The Bertz CT molecular complexity index is 231. The molecular weight excluding hydrogens is 238 g/mol. The molecule has 1 N–H and O–H groups in total. The molecule has 1 fully saturated rings. The SMILES string of the molecule is CCCCCCCCCN1CC(CO)OC(C)(C)C1. The highest BCUT2D eigenvalue weighted by atomic mass is 16.5.